The van der Waals surface area contributed by atoms with Crippen molar-refractivity contribution < 1.29 is 18.1 Å². The number of halogens is 1. The molecule has 1 aliphatic heterocycles. The third kappa shape index (κ3) is 3.88. The van der Waals surface area contributed by atoms with Crippen molar-refractivity contribution in [3.05, 3.63) is 57.1 Å². The van der Waals surface area contributed by atoms with Gasteiger partial charge in [0.15, 0.2) is 0 Å². The van der Waals surface area contributed by atoms with E-state index in [1.54, 1.807) is 11.0 Å². The van der Waals surface area contributed by atoms with Crippen molar-refractivity contribution in [2.45, 2.75) is 24.7 Å². The van der Waals surface area contributed by atoms with Crippen LogP contribution in [0, 0.1) is 17.0 Å². The van der Waals surface area contributed by atoms with Gasteiger partial charge < -0.3 is 4.90 Å². The number of nitrogens with zero attached hydrogens (tertiary/aromatic N) is 2. The number of nitrogens with one attached hydrogen (secondary N) is 1. The highest BCUT2D eigenvalue weighted by Crippen LogP contribution is 2.32. The molecular weight excluding hydrogens is 394 g/mol. The van der Waals surface area contributed by atoms with Gasteiger partial charge in [-0.05, 0) is 37.6 Å². The number of aryl methyl sites for hydroxylation is 1. The minimum absolute atomic E-state index is 0.0304. The number of benzene rings is 2. The number of amides is 1. The molecule has 1 N–H and O–H groups in total. The summed E-state index contributed by atoms with van der Waals surface area (Å²) in [5, 5.41) is 11.3. The largest absolute Gasteiger partial charge is 0.311 e. The van der Waals surface area contributed by atoms with E-state index >= 15 is 0 Å². The van der Waals surface area contributed by atoms with E-state index in [9.17, 15) is 23.3 Å². The Hall–Kier alpha value is -2.65. The quantitative estimate of drug-likeness (QED) is 0.600. The second kappa shape index (κ2) is 7.16. The van der Waals surface area contributed by atoms with Gasteiger partial charge in [-0.2, -0.15) is 0 Å². The van der Waals surface area contributed by atoms with Gasteiger partial charge in [-0.1, -0.05) is 17.7 Å². The standard InChI is InChI=1S/C17H16ClN3O5S/c1-11-4-6-13(10-16(11)21(23)24)27(25,26)19-12-5-7-15(14(18)9-12)20-8-2-3-17(20)22/h4-7,9-10,19H,2-3,8H2,1H3. The molecule has 0 aliphatic carbocycles. The molecule has 0 saturated carbocycles. The molecule has 2 aromatic rings. The number of hydrogen-bond donors (Lipinski definition) is 1. The zero-order chi connectivity index (χ0) is 19.8. The molecule has 1 saturated heterocycles. The Morgan fingerprint density at radius 3 is 2.56 bits per heavy atom. The summed E-state index contributed by atoms with van der Waals surface area (Å²) < 4.78 is 27.5. The van der Waals surface area contributed by atoms with Crippen molar-refractivity contribution in [2.24, 2.45) is 0 Å². The molecule has 0 atom stereocenters. The Morgan fingerprint density at radius 2 is 1.96 bits per heavy atom. The number of anilines is 2. The van der Waals surface area contributed by atoms with Crippen molar-refractivity contribution >= 4 is 44.6 Å². The summed E-state index contributed by atoms with van der Waals surface area (Å²) in [4.78, 5) is 23.6. The van der Waals surface area contributed by atoms with Crippen LogP contribution < -0.4 is 9.62 Å². The summed E-state index contributed by atoms with van der Waals surface area (Å²) in [6.45, 7) is 2.09. The zero-order valence-corrected chi connectivity index (χ0v) is 15.9. The van der Waals surface area contributed by atoms with E-state index in [1.807, 2.05) is 0 Å². The van der Waals surface area contributed by atoms with Crippen molar-refractivity contribution in [3.63, 3.8) is 0 Å². The maximum atomic E-state index is 12.6. The normalized spacial score (nSPS) is 14.4. The molecule has 0 spiro atoms. The van der Waals surface area contributed by atoms with Crippen LogP contribution in [0.1, 0.15) is 18.4 Å². The molecule has 2 aromatic carbocycles. The topological polar surface area (TPSA) is 110 Å². The van der Waals surface area contributed by atoms with Gasteiger partial charge in [0, 0.05) is 24.6 Å². The molecule has 10 heteroatoms. The van der Waals surface area contributed by atoms with Crippen LogP contribution in [0.3, 0.4) is 0 Å². The smallest absolute Gasteiger partial charge is 0.273 e. The van der Waals surface area contributed by atoms with Gasteiger partial charge in [0.1, 0.15) is 0 Å². The van der Waals surface area contributed by atoms with E-state index in [0.717, 1.165) is 12.5 Å². The lowest BCUT2D eigenvalue weighted by molar-refractivity contribution is -0.385. The highest BCUT2D eigenvalue weighted by Gasteiger charge is 2.24. The van der Waals surface area contributed by atoms with E-state index in [-0.39, 0.29) is 27.2 Å². The average molecular weight is 410 g/mol. The zero-order valence-electron chi connectivity index (χ0n) is 14.3. The fraction of sp³-hybridized carbons (Fsp3) is 0.235. The lowest BCUT2D eigenvalue weighted by atomic mass is 10.2. The Labute approximate surface area is 160 Å². The first-order valence-electron chi connectivity index (χ1n) is 8.07. The molecule has 1 heterocycles. The fourth-order valence-electron chi connectivity index (χ4n) is 2.86. The molecule has 0 radical (unpaired) electrons. The Balaban J connectivity index is 1.88. The van der Waals surface area contributed by atoms with Crippen molar-refractivity contribution in [1.82, 2.24) is 0 Å². The molecule has 1 aliphatic rings. The van der Waals surface area contributed by atoms with Crippen LogP contribution in [0.4, 0.5) is 17.1 Å². The first-order valence-corrected chi connectivity index (χ1v) is 9.93. The van der Waals surface area contributed by atoms with Gasteiger partial charge in [-0.25, -0.2) is 8.42 Å². The summed E-state index contributed by atoms with van der Waals surface area (Å²) in [6.07, 6.45) is 1.20. The second-order valence-corrected chi connectivity index (χ2v) is 8.22. The van der Waals surface area contributed by atoms with Crippen molar-refractivity contribution in [1.29, 1.82) is 0 Å². The third-order valence-corrected chi connectivity index (χ3v) is 5.93. The van der Waals surface area contributed by atoms with Crippen LogP contribution in [-0.4, -0.2) is 25.8 Å². The summed E-state index contributed by atoms with van der Waals surface area (Å²) in [6, 6.07) is 8.15. The maximum Gasteiger partial charge on any atom is 0.273 e. The summed E-state index contributed by atoms with van der Waals surface area (Å²) in [5.74, 6) is -0.0304. The van der Waals surface area contributed by atoms with Gasteiger partial charge in [0.2, 0.25) is 5.91 Å². The minimum Gasteiger partial charge on any atom is -0.311 e. The number of carbonyl (C=O) groups is 1. The molecular formula is C17H16ClN3O5S. The Bertz CT molecular complexity index is 1040. The number of nitro benzene ring substituents is 1. The highest BCUT2D eigenvalue weighted by atomic mass is 35.5. The van der Waals surface area contributed by atoms with Gasteiger partial charge in [0.25, 0.3) is 15.7 Å². The molecule has 0 bridgehead atoms. The number of carbonyl (C=O) groups excluding carboxylic acids is 1. The summed E-state index contributed by atoms with van der Waals surface area (Å²) >= 11 is 6.22. The number of rotatable bonds is 5. The second-order valence-electron chi connectivity index (χ2n) is 6.13. The monoisotopic (exact) mass is 409 g/mol. The minimum atomic E-state index is -4.04. The first-order chi connectivity index (χ1) is 12.7. The highest BCUT2D eigenvalue weighted by molar-refractivity contribution is 7.92. The van der Waals surface area contributed by atoms with Crippen LogP contribution in [-0.2, 0) is 14.8 Å². The fourth-order valence-corrected chi connectivity index (χ4v) is 4.21. The van der Waals surface area contributed by atoms with E-state index in [0.29, 0.717) is 24.2 Å². The number of hydrogen-bond acceptors (Lipinski definition) is 5. The first kappa shape index (κ1) is 19.1. The number of sulfonamides is 1. The van der Waals surface area contributed by atoms with Gasteiger partial charge >= 0.3 is 0 Å². The lowest BCUT2D eigenvalue weighted by Gasteiger charge is -2.18. The van der Waals surface area contributed by atoms with Crippen LogP contribution in [0.25, 0.3) is 0 Å². The van der Waals surface area contributed by atoms with Gasteiger partial charge in [-0.15, -0.1) is 0 Å². The molecule has 1 amide bonds. The summed E-state index contributed by atoms with van der Waals surface area (Å²) in [7, 11) is -4.04. The molecule has 0 unspecified atom stereocenters. The van der Waals surface area contributed by atoms with Gasteiger partial charge in [-0.3, -0.25) is 19.6 Å². The summed E-state index contributed by atoms with van der Waals surface area (Å²) in [5.41, 5.74) is 0.798. The molecule has 142 valence electrons. The van der Waals surface area contributed by atoms with Crippen molar-refractivity contribution in [2.75, 3.05) is 16.2 Å². The Kier molecular flexibility index (Phi) is 5.07. The van der Waals surface area contributed by atoms with Crippen LogP contribution in [0.2, 0.25) is 5.02 Å². The maximum absolute atomic E-state index is 12.6. The molecule has 27 heavy (non-hydrogen) atoms. The third-order valence-electron chi connectivity index (χ3n) is 4.25. The van der Waals surface area contributed by atoms with Crippen LogP contribution in [0.5, 0.6) is 0 Å². The number of nitro groups is 1. The predicted molar refractivity (Wildman–Crippen MR) is 102 cm³/mol. The van der Waals surface area contributed by atoms with E-state index in [1.165, 1.54) is 31.2 Å². The molecule has 3 rings (SSSR count). The molecule has 0 aromatic heterocycles. The van der Waals surface area contributed by atoms with E-state index in [2.05, 4.69) is 4.72 Å². The predicted octanol–water partition coefficient (Wildman–Crippen LogP) is 3.48. The van der Waals surface area contributed by atoms with E-state index in [4.69, 9.17) is 11.6 Å². The van der Waals surface area contributed by atoms with Crippen LogP contribution in [0.15, 0.2) is 41.3 Å². The Morgan fingerprint density at radius 1 is 1.22 bits per heavy atom. The van der Waals surface area contributed by atoms with Crippen molar-refractivity contribution in [3.8, 4) is 0 Å². The lowest BCUT2D eigenvalue weighted by Crippen LogP contribution is -2.24. The van der Waals surface area contributed by atoms with Gasteiger partial charge in [0.05, 0.1) is 26.2 Å². The van der Waals surface area contributed by atoms with E-state index < -0.39 is 14.9 Å². The molecule has 1 fully saturated rings. The SMILES string of the molecule is Cc1ccc(S(=O)(=O)Nc2ccc(N3CCCC3=O)c(Cl)c2)cc1[N+](=O)[O-]. The van der Waals surface area contributed by atoms with Crippen LogP contribution >= 0.6 is 11.6 Å². The average Bonchev–Trinajstić information content (AvgIpc) is 3.00. The molecule has 8 nitrogen and oxygen atoms in total.